The Hall–Kier alpha value is -2.31. The predicted molar refractivity (Wildman–Crippen MR) is 101 cm³/mol. The molecule has 0 aliphatic rings. The summed E-state index contributed by atoms with van der Waals surface area (Å²) in [6.45, 7) is 4.20. The number of anilines is 1. The molecule has 0 saturated carbocycles. The summed E-state index contributed by atoms with van der Waals surface area (Å²) in [6, 6.07) is 12.7. The Bertz CT molecular complexity index is 897. The van der Waals surface area contributed by atoms with Gasteiger partial charge in [-0.25, -0.2) is 4.98 Å². The summed E-state index contributed by atoms with van der Waals surface area (Å²) in [5.74, 6) is 0.966. The second kappa shape index (κ2) is 7.72. The number of halogens is 1. The third-order valence-corrected chi connectivity index (χ3v) is 4.66. The molecule has 3 aromatic rings. The average Bonchev–Trinajstić information content (AvgIpc) is 2.98. The minimum absolute atomic E-state index is 0.288. The normalized spacial score (nSPS) is 12.0. The van der Waals surface area contributed by atoms with Gasteiger partial charge in [0.25, 0.3) is 5.91 Å². The monoisotopic (exact) mass is 376 g/mol. The van der Waals surface area contributed by atoms with Gasteiger partial charge in [-0.1, -0.05) is 35.1 Å². The lowest BCUT2D eigenvalue weighted by Gasteiger charge is -2.14. The summed E-state index contributed by atoms with van der Waals surface area (Å²) in [5, 5.41) is 3.76. The fourth-order valence-corrected chi connectivity index (χ4v) is 3.28. The highest BCUT2D eigenvalue weighted by atomic mass is 35.5. The van der Waals surface area contributed by atoms with Gasteiger partial charge in [0.2, 0.25) is 0 Å². The van der Waals surface area contributed by atoms with Crippen LogP contribution in [0, 0.1) is 0 Å². The smallest absolute Gasteiger partial charge is 0.266 e. The van der Waals surface area contributed by atoms with Gasteiger partial charge in [0.05, 0.1) is 21.8 Å². The summed E-state index contributed by atoms with van der Waals surface area (Å²) < 4.78 is 12.0. The zero-order chi connectivity index (χ0) is 17.8. The van der Waals surface area contributed by atoms with Crippen LogP contribution in [0.4, 0.5) is 5.13 Å². The minimum Gasteiger partial charge on any atom is -0.494 e. The molecular weight excluding hydrogens is 360 g/mol. The van der Waals surface area contributed by atoms with E-state index in [-0.39, 0.29) is 5.91 Å². The lowest BCUT2D eigenvalue weighted by molar-refractivity contribution is -0.122. The summed E-state index contributed by atoms with van der Waals surface area (Å²) in [4.78, 5) is 16.7. The fourth-order valence-electron chi connectivity index (χ4n) is 2.21. The van der Waals surface area contributed by atoms with E-state index in [9.17, 15) is 4.79 Å². The first-order valence-electron chi connectivity index (χ1n) is 7.82. The predicted octanol–water partition coefficient (Wildman–Crippen LogP) is 4.75. The molecular formula is C18H17ClN2O3S. The van der Waals surface area contributed by atoms with Gasteiger partial charge in [0.15, 0.2) is 11.2 Å². The van der Waals surface area contributed by atoms with E-state index in [1.807, 2.05) is 25.1 Å². The summed E-state index contributed by atoms with van der Waals surface area (Å²) in [5.41, 5.74) is 0.809. The zero-order valence-electron chi connectivity index (χ0n) is 13.8. The second-order valence-electron chi connectivity index (χ2n) is 5.26. The van der Waals surface area contributed by atoms with Crippen LogP contribution >= 0.6 is 22.9 Å². The highest BCUT2D eigenvalue weighted by molar-refractivity contribution is 7.22. The van der Waals surface area contributed by atoms with Crippen LogP contribution in [0.5, 0.6) is 11.5 Å². The molecule has 0 saturated heterocycles. The first-order chi connectivity index (χ1) is 12.1. The Morgan fingerprint density at radius 2 is 2.12 bits per heavy atom. The van der Waals surface area contributed by atoms with Crippen molar-refractivity contribution in [3.05, 3.63) is 47.5 Å². The maximum Gasteiger partial charge on any atom is 0.266 e. The van der Waals surface area contributed by atoms with Crippen molar-refractivity contribution in [2.45, 2.75) is 20.0 Å². The van der Waals surface area contributed by atoms with E-state index in [0.29, 0.717) is 22.5 Å². The van der Waals surface area contributed by atoms with Crippen LogP contribution in [-0.4, -0.2) is 23.6 Å². The molecule has 0 fully saturated rings. The first kappa shape index (κ1) is 17.5. The van der Waals surface area contributed by atoms with Gasteiger partial charge in [-0.15, -0.1) is 0 Å². The number of carbonyl (C=O) groups excluding carboxylic acids is 1. The number of carbonyl (C=O) groups is 1. The number of para-hydroxylation sites is 1. The number of rotatable bonds is 6. The van der Waals surface area contributed by atoms with Crippen molar-refractivity contribution < 1.29 is 14.3 Å². The molecule has 0 aliphatic carbocycles. The SMILES string of the molecule is CCOc1ccc2nc(NC(=O)C(C)Oc3ccccc3Cl)sc2c1. The molecule has 3 rings (SSSR count). The quantitative estimate of drug-likeness (QED) is 0.674. The third kappa shape index (κ3) is 4.21. The molecule has 1 N–H and O–H groups in total. The van der Waals surface area contributed by atoms with Crippen molar-refractivity contribution in [1.29, 1.82) is 0 Å². The second-order valence-corrected chi connectivity index (χ2v) is 6.70. The Balaban J connectivity index is 1.69. The third-order valence-electron chi connectivity index (χ3n) is 3.41. The highest BCUT2D eigenvalue weighted by Crippen LogP contribution is 2.30. The molecule has 1 aromatic heterocycles. The van der Waals surface area contributed by atoms with Crippen molar-refractivity contribution in [2.75, 3.05) is 11.9 Å². The molecule has 1 amide bonds. The number of aromatic nitrogens is 1. The van der Waals surface area contributed by atoms with Crippen LogP contribution in [0.15, 0.2) is 42.5 Å². The molecule has 1 atom stereocenters. The molecule has 0 bridgehead atoms. The van der Waals surface area contributed by atoms with Gasteiger partial charge in [0, 0.05) is 0 Å². The van der Waals surface area contributed by atoms with Crippen molar-refractivity contribution in [1.82, 2.24) is 4.98 Å². The van der Waals surface area contributed by atoms with Crippen LogP contribution in [0.25, 0.3) is 10.2 Å². The van der Waals surface area contributed by atoms with E-state index in [2.05, 4.69) is 10.3 Å². The van der Waals surface area contributed by atoms with Crippen molar-refractivity contribution in [3.8, 4) is 11.5 Å². The molecule has 1 heterocycles. The number of hydrogen-bond acceptors (Lipinski definition) is 5. The molecule has 2 aromatic carbocycles. The van der Waals surface area contributed by atoms with Crippen molar-refractivity contribution in [2.24, 2.45) is 0 Å². The maximum absolute atomic E-state index is 12.3. The molecule has 7 heteroatoms. The molecule has 1 unspecified atom stereocenters. The van der Waals surface area contributed by atoms with E-state index < -0.39 is 6.10 Å². The number of thiazole rings is 1. The largest absolute Gasteiger partial charge is 0.494 e. The van der Waals surface area contributed by atoms with E-state index in [4.69, 9.17) is 21.1 Å². The average molecular weight is 377 g/mol. The molecule has 25 heavy (non-hydrogen) atoms. The van der Waals surface area contributed by atoms with Crippen LogP contribution in [-0.2, 0) is 4.79 Å². The topological polar surface area (TPSA) is 60.5 Å². The Labute approximate surface area is 154 Å². The Morgan fingerprint density at radius 3 is 2.88 bits per heavy atom. The summed E-state index contributed by atoms with van der Waals surface area (Å²) in [7, 11) is 0. The maximum atomic E-state index is 12.3. The Morgan fingerprint density at radius 1 is 1.32 bits per heavy atom. The number of nitrogens with zero attached hydrogens (tertiary/aromatic N) is 1. The summed E-state index contributed by atoms with van der Waals surface area (Å²) >= 11 is 7.44. The van der Waals surface area contributed by atoms with Crippen molar-refractivity contribution >= 4 is 44.2 Å². The first-order valence-corrected chi connectivity index (χ1v) is 9.01. The standard InChI is InChI=1S/C18H17ClN2O3S/c1-3-23-12-8-9-14-16(10-12)25-18(20-14)21-17(22)11(2)24-15-7-5-4-6-13(15)19/h4-11H,3H2,1-2H3,(H,20,21,22). The zero-order valence-corrected chi connectivity index (χ0v) is 15.4. The lowest BCUT2D eigenvalue weighted by Crippen LogP contribution is -2.30. The number of fused-ring (bicyclic) bond motifs is 1. The van der Waals surface area contributed by atoms with Crippen LogP contribution in [0.2, 0.25) is 5.02 Å². The minimum atomic E-state index is -0.703. The molecule has 0 radical (unpaired) electrons. The van der Waals surface area contributed by atoms with E-state index in [1.165, 1.54) is 11.3 Å². The number of benzene rings is 2. The summed E-state index contributed by atoms with van der Waals surface area (Å²) in [6.07, 6.45) is -0.703. The number of ether oxygens (including phenoxy) is 2. The molecule has 130 valence electrons. The van der Waals surface area contributed by atoms with Gasteiger partial charge < -0.3 is 9.47 Å². The van der Waals surface area contributed by atoms with E-state index in [1.54, 1.807) is 31.2 Å². The van der Waals surface area contributed by atoms with Gasteiger partial charge in [0.1, 0.15) is 11.5 Å². The van der Waals surface area contributed by atoms with Gasteiger partial charge in [-0.05, 0) is 44.2 Å². The number of nitrogens with one attached hydrogen (secondary N) is 1. The number of hydrogen-bond donors (Lipinski definition) is 1. The molecule has 0 spiro atoms. The van der Waals surface area contributed by atoms with E-state index >= 15 is 0 Å². The molecule has 0 aliphatic heterocycles. The van der Waals surface area contributed by atoms with Gasteiger partial charge >= 0.3 is 0 Å². The van der Waals surface area contributed by atoms with Crippen molar-refractivity contribution in [3.63, 3.8) is 0 Å². The molecule has 5 nitrogen and oxygen atoms in total. The van der Waals surface area contributed by atoms with Crippen LogP contribution in [0.3, 0.4) is 0 Å². The van der Waals surface area contributed by atoms with Gasteiger partial charge in [-0.2, -0.15) is 0 Å². The Kier molecular flexibility index (Phi) is 5.40. The fraction of sp³-hybridized carbons (Fsp3) is 0.222. The number of amides is 1. The lowest BCUT2D eigenvalue weighted by atomic mass is 10.3. The highest BCUT2D eigenvalue weighted by Gasteiger charge is 2.18. The van der Waals surface area contributed by atoms with Crippen LogP contribution < -0.4 is 14.8 Å². The van der Waals surface area contributed by atoms with Crippen LogP contribution in [0.1, 0.15) is 13.8 Å². The van der Waals surface area contributed by atoms with Gasteiger partial charge in [-0.3, -0.25) is 10.1 Å². The van der Waals surface area contributed by atoms with E-state index in [0.717, 1.165) is 16.0 Å².